The van der Waals surface area contributed by atoms with Crippen molar-refractivity contribution in [3.8, 4) is 5.75 Å². The molecule has 6 nitrogen and oxygen atoms in total. The summed E-state index contributed by atoms with van der Waals surface area (Å²) in [5, 5.41) is 21.0. The number of amides is 1. The van der Waals surface area contributed by atoms with E-state index in [9.17, 15) is 9.90 Å². The van der Waals surface area contributed by atoms with Gasteiger partial charge in [-0.3, -0.25) is 9.89 Å². The van der Waals surface area contributed by atoms with Crippen molar-refractivity contribution in [3.05, 3.63) is 46.8 Å². The van der Waals surface area contributed by atoms with Crippen molar-refractivity contribution in [1.82, 2.24) is 15.6 Å². The van der Waals surface area contributed by atoms with Gasteiger partial charge in [0, 0.05) is 16.8 Å². The molecular weight excluding hydrogens is 328 g/mol. The van der Waals surface area contributed by atoms with Crippen molar-refractivity contribution in [1.29, 1.82) is 0 Å². The Bertz CT molecular complexity index is 846. The lowest BCUT2D eigenvalue weighted by atomic mass is 9.71. The van der Waals surface area contributed by atoms with Crippen LogP contribution in [0.5, 0.6) is 5.75 Å². The summed E-state index contributed by atoms with van der Waals surface area (Å²) in [6.45, 7) is 8.51. The molecule has 0 radical (unpaired) electrons. The van der Waals surface area contributed by atoms with Gasteiger partial charge in [0.25, 0.3) is 5.91 Å². The molecule has 1 heterocycles. The number of aromatic hydroxyl groups is 1. The molecule has 26 heavy (non-hydrogen) atoms. The number of fused-ring (bicyclic) bond motifs is 1. The van der Waals surface area contributed by atoms with E-state index in [2.05, 4.69) is 41.5 Å². The van der Waals surface area contributed by atoms with Gasteiger partial charge >= 0.3 is 0 Å². The van der Waals surface area contributed by atoms with Crippen molar-refractivity contribution in [3.63, 3.8) is 0 Å². The van der Waals surface area contributed by atoms with Gasteiger partial charge in [-0.1, -0.05) is 32.9 Å². The molecule has 0 aliphatic heterocycles. The number of H-pyrrole nitrogens is 1. The number of aryl methyl sites for hydroxylation is 1. The number of rotatable bonds is 3. The lowest BCUT2D eigenvalue weighted by Crippen LogP contribution is -2.28. The number of carbonyl (C=O) groups excluding carboxylic acids is 1. The lowest BCUT2D eigenvalue weighted by Gasteiger charge is -2.33. The first kappa shape index (κ1) is 18.2. The smallest absolute Gasteiger partial charge is 0.292 e. The largest absolute Gasteiger partial charge is 0.508 e. The van der Waals surface area contributed by atoms with Gasteiger partial charge in [0.1, 0.15) is 5.75 Å². The maximum Gasteiger partial charge on any atom is 0.292 e. The molecule has 1 aromatic heterocycles. The molecule has 1 aromatic carbocycles. The van der Waals surface area contributed by atoms with E-state index in [0.717, 1.165) is 36.1 Å². The second kappa shape index (κ2) is 6.94. The van der Waals surface area contributed by atoms with Crippen molar-refractivity contribution >= 4 is 11.6 Å². The Hall–Kier alpha value is -2.63. The normalized spacial score (nSPS) is 17.7. The van der Waals surface area contributed by atoms with Crippen LogP contribution in [0.3, 0.4) is 0 Å². The van der Waals surface area contributed by atoms with Gasteiger partial charge in [-0.05, 0) is 49.7 Å². The predicted octanol–water partition coefficient (Wildman–Crippen LogP) is 3.42. The average molecular weight is 354 g/mol. The average Bonchev–Trinajstić information content (AvgIpc) is 3.02. The van der Waals surface area contributed by atoms with Crippen LogP contribution in [-0.4, -0.2) is 26.9 Å². The summed E-state index contributed by atoms with van der Waals surface area (Å²) in [5.41, 5.74) is 6.67. The SMILES string of the molecule is C/C(=N/NC(=O)c1n[nH]c2c1C[C@@H](C(C)(C)C)CC2)c1cccc(O)c1. The van der Waals surface area contributed by atoms with Crippen LogP contribution in [0.25, 0.3) is 0 Å². The zero-order valence-electron chi connectivity index (χ0n) is 15.8. The first-order valence-corrected chi connectivity index (χ1v) is 8.96. The number of nitrogens with one attached hydrogen (secondary N) is 2. The van der Waals surface area contributed by atoms with Crippen molar-refractivity contribution < 1.29 is 9.90 Å². The van der Waals surface area contributed by atoms with E-state index in [-0.39, 0.29) is 17.1 Å². The minimum absolute atomic E-state index is 0.165. The summed E-state index contributed by atoms with van der Waals surface area (Å²) < 4.78 is 0. The Balaban J connectivity index is 1.76. The zero-order chi connectivity index (χ0) is 18.9. The first-order valence-electron chi connectivity index (χ1n) is 8.96. The highest BCUT2D eigenvalue weighted by Crippen LogP contribution is 2.37. The van der Waals surface area contributed by atoms with Gasteiger partial charge in [-0.2, -0.15) is 10.2 Å². The summed E-state index contributed by atoms with van der Waals surface area (Å²) in [5.74, 6) is 0.381. The van der Waals surface area contributed by atoms with Crippen LogP contribution < -0.4 is 5.43 Å². The number of nitrogens with zero attached hydrogens (tertiary/aromatic N) is 2. The zero-order valence-corrected chi connectivity index (χ0v) is 15.8. The van der Waals surface area contributed by atoms with Gasteiger partial charge in [-0.25, -0.2) is 5.43 Å². The van der Waals surface area contributed by atoms with Crippen LogP contribution in [0.1, 0.15) is 61.4 Å². The molecule has 3 N–H and O–H groups in total. The standard InChI is InChI=1S/C20H26N4O2/c1-12(13-6-5-7-15(25)10-13)21-24-19(26)18-16-11-14(20(2,3)4)8-9-17(16)22-23-18/h5-7,10,14,25H,8-9,11H2,1-4H3,(H,22,23)(H,24,26)/b21-12-/t14-/m0/s1. The molecule has 0 fully saturated rings. The molecular formula is C20H26N4O2. The summed E-state index contributed by atoms with van der Waals surface area (Å²) in [4.78, 5) is 12.6. The van der Waals surface area contributed by atoms with E-state index < -0.39 is 0 Å². The first-order chi connectivity index (χ1) is 12.3. The summed E-state index contributed by atoms with van der Waals surface area (Å²) in [6.07, 6.45) is 2.88. The van der Waals surface area contributed by atoms with Crippen LogP contribution in [0.4, 0.5) is 0 Å². The van der Waals surface area contributed by atoms with Crippen molar-refractivity contribution in [2.75, 3.05) is 0 Å². The Labute approximate surface area is 153 Å². The summed E-state index contributed by atoms with van der Waals surface area (Å²) >= 11 is 0. The van der Waals surface area contributed by atoms with Crippen molar-refractivity contribution in [2.45, 2.75) is 47.0 Å². The number of aromatic nitrogens is 2. The number of benzene rings is 1. The van der Waals surface area contributed by atoms with Gasteiger partial charge in [-0.15, -0.1) is 0 Å². The van der Waals surface area contributed by atoms with E-state index in [1.165, 1.54) is 0 Å². The van der Waals surface area contributed by atoms with Crippen LogP contribution in [0.2, 0.25) is 0 Å². The Kier molecular flexibility index (Phi) is 4.85. The molecule has 0 spiro atoms. The quantitative estimate of drug-likeness (QED) is 0.583. The number of phenolic OH excluding ortho intramolecular Hbond substituents is 1. The second-order valence-electron chi connectivity index (χ2n) is 8.02. The maximum absolute atomic E-state index is 12.6. The highest BCUT2D eigenvalue weighted by molar-refractivity contribution is 6.01. The molecule has 0 saturated heterocycles. The fraction of sp³-hybridized carbons (Fsp3) is 0.450. The third kappa shape index (κ3) is 3.79. The van der Waals surface area contributed by atoms with Crippen LogP contribution in [-0.2, 0) is 12.8 Å². The molecule has 1 atom stereocenters. The number of hydrazone groups is 1. The third-order valence-electron chi connectivity index (χ3n) is 5.18. The highest BCUT2D eigenvalue weighted by Gasteiger charge is 2.32. The monoisotopic (exact) mass is 354 g/mol. The van der Waals surface area contributed by atoms with Crippen LogP contribution >= 0.6 is 0 Å². The Morgan fingerprint density at radius 2 is 2.15 bits per heavy atom. The number of hydrogen-bond donors (Lipinski definition) is 3. The van der Waals surface area contributed by atoms with Crippen LogP contribution in [0, 0.1) is 11.3 Å². The van der Waals surface area contributed by atoms with Gasteiger partial charge in [0.15, 0.2) is 5.69 Å². The second-order valence-corrected chi connectivity index (χ2v) is 8.02. The van der Waals surface area contributed by atoms with Gasteiger partial charge in [0.05, 0.1) is 5.71 Å². The molecule has 6 heteroatoms. The van der Waals surface area contributed by atoms with E-state index in [4.69, 9.17) is 0 Å². The highest BCUT2D eigenvalue weighted by atomic mass is 16.3. The fourth-order valence-electron chi connectivity index (χ4n) is 3.41. The van der Waals surface area contributed by atoms with Crippen molar-refractivity contribution in [2.24, 2.45) is 16.4 Å². The number of phenols is 1. The summed E-state index contributed by atoms with van der Waals surface area (Å²) in [6, 6.07) is 6.77. The van der Waals surface area contributed by atoms with E-state index in [1.807, 2.05) is 6.07 Å². The van der Waals surface area contributed by atoms with E-state index in [0.29, 0.717) is 17.3 Å². The lowest BCUT2D eigenvalue weighted by molar-refractivity contribution is 0.0947. The number of hydrogen-bond acceptors (Lipinski definition) is 4. The number of aromatic amines is 1. The third-order valence-corrected chi connectivity index (χ3v) is 5.18. The summed E-state index contributed by atoms with van der Waals surface area (Å²) in [7, 11) is 0. The Morgan fingerprint density at radius 3 is 2.85 bits per heavy atom. The number of carbonyl (C=O) groups is 1. The molecule has 138 valence electrons. The molecule has 3 rings (SSSR count). The molecule has 1 amide bonds. The minimum atomic E-state index is -0.309. The van der Waals surface area contributed by atoms with E-state index in [1.54, 1.807) is 25.1 Å². The fourth-order valence-corrected chi connectivity index (χ4v) is 3.41. The molecule has 0 saturated carbocycles. The maximum atomic E-state index is 12.6. The molecule has 0 unspecified atom stereocenters. The van der Waals surface area contributed by atoms with E-state index >= 15 is 0 Å². The van der Waals surface area contributed by atoms with Crippen LogP contribution in [0.15, 0.2) is 29.4 Å². The van der Waals surface area contributed by atoms with Gasteiger partial charge in [0.2, 0.25) is 0 Å². The topological polar surface area (TPSA) is 90.4 Å². The molecule has 1 aliphatic carbocycles. The van der Waals surface area contributed by atoms with Gasteiger partial charge < -0.3 is 5.11 Å². The predicted molar refractivity (Wildman–Crippen MR) is 101 cm³/mol. The molecule has 2 aromatic rings. The molecule has 0 bridgehead atoms. The Morgan fingerprint density at radius 1 is 1.38 bits per heavy atom. The molecule has 1 aliphatic rings. The minimum Gasteiger partial charge on any atom is -0.508 e.